The first kappa shape index (κ1) is 27.3. The van der Waals surface area contributed by atoms with Crippen molar-refractivity contribution in [3.05, 3.63) is 84.6 Å². The van der Waals surface area contributed by atoms with E-state index >= 15 is 0 Å². The van der Waals surface area contributed by atoms with Gasteiger partial charge in [-0.1, -0.05) is 13.0 Å². The van der Waals surface area contributed by atoms with E-state index < -0.39 is 15.7 Å². The molecule has 42 heavy (non-hydrogen) atoms. The van der Waals surface area contributed by atoms with Crippen LogP contribution in [0.3, 0.4) is 0 Å². The lowest BCUT2D eigenvalue weighted by atomic mass is 10.0. The number of aromatic nitrogens is 5. The van der Waals surface area contributed by atoms with Gasteiger partial charge < -0.3 is 10.3 Å². The van der Waals surface area contributed by atoms with E-state index in [0.717, 1.165) is 38.6 Å². The molecular formula is C31H27FN6O3S. The highest BCUT2D eigenvalue weighted by atomic mass is 32.2. The molecule has 0 spiro atoms. The summed E-state index contributed by atoms with van der Waals surface area (Å²) in [6, 6.07) is 16.1. The van der Waals surface area contributed by atoms with E-state index in [1.54, 1.807) is 31.6 Å². The number of anilines is 1. The van der Waals surface area contributed by atoms with Gasteiger partial charge >= 0.3 is 0 Å². The molecule has 9 nitrogen and oxygen atoms in total. The van der Waals surface area contributed by atoms with E-state index in [-0.39, 0.29) is 18.1 Å². The second-order valence-corrected chi connectivity index (χ2v) is 12.5. The van der Waals surface area contributed by atoms with Gasteiger partial charge in [0.2, 0.25) is 5.91 Å². The molecule has 0 aliphatic rings. The number of fused-ring (bicyclic) bond motifs is 2. The first-order chi connectivity index (χ1) is 20.2. The van der Waals surface area contributed by atoms with Gasteiger partial charge in [0.25, 0.3) is 0 Å². The van der Waals surface area contributed by atoms with Gasteiger partial charge in [0.15, 0.2) is 0 Å². The number of aromatic amines is 2. The number of sulfone groups is 1. The van der Waals surface area contributed by atoms with Crippen LogP contribution in [-0.4, -0.2) is 51.5 Å². The number of halogens is 1. The Balaban J connectivity index is 1.39. The van der Waals surface area contributed by atoms with Crippen molar-refractivity contribution in [2.75, 3.05) is 17.3 Å². The molecule has 4 aromatic heterocycles. The van der Waals surface area contributed by atoms with Crippen molar-refractivity contribution in [3.8, 4) is 33.8 Å². The van der Waals surface area contributed by atoms with Crippen molar-refractivity contribution in [2.45, 2.75) is 19.8 Å². The topological polar surface area (TPSA) is 133 Å². The zero-order chi connectivity index (χ0) is 29.4. The normalized spacial score (nSPS) is 11.8. The standard InChI is InChI=1S/C31H27FN6O3S/c1-3-29(39)35-23-13-21(16-33-17-23)19-4-5-27-24(14-19)31(38-37-27)28-15-25-26(36-28)6-8-34-30(25)20-10-18(11-22(32)12-20)7-9-42(2,40)41/h4-6,8,10-17,36H,3,7,9H2,1-2H3,(H,35,39)(H,37,38). The van der Waals surface area contributed by atoms with Gasteiger partial charge in [0, 0.05) is 52.5 Å². The minimum absolute atomic E-state index is 0.0657. The number of aryl methyl sites for hydroxylation is 1. The number of rotatable bonds is 8. The SMILES string of the molecule is CCC(=O)Nc1cncc(-c2ccc3[nH]nc(-c4cc5c(-c6cc(F)cc(CCS(C)(=O)=O)c6)nccc5[nH]4)c3c2)c1. The lowest BCUT2D eigenvalue weighted by Gasteiger charge is -2.07. The summed E-state index contributed by atoms with van der Waals surface area (Å²) in [5.41, 5.74) is 7.19. The smallest absolute Gasteiger partial charge is 0.224 e. The summed E-state index contributed by atoms with van der Waals surface area (Å²) in [4.78, 5) is 24.1. The molecule has 0 radical (unpaired) electrons. The number of amides is 1. The van der Waals surface area contributed by atoms with Crippen molar-refractivity contribution in [1.29, 1.82) is 0 Å². The van der Waals surface area contributed by atoms with Crippen LogP contribution in [0.15, 0.2) is 73.2 Å². The van der Waals surface area contributed by atoms with Gasteiger partial charge in [-0.05, 0) is 66.1 Å². The summed E-state index contributed by atoms with van der Waals surface area (Å²) >= 11 is 0. The number of benzene rings is 2. The summed E-state index contributed by atoms with van der Waals surface area (Å²) in [5, 5.41) is 12.2. The summed E-state index contributed by atoms with van der Waals surface area (Å²) < 4.78 is 37.9. The Kier molecular flexibility index (Phi) is 7.03. The van der Waals surface area contributed by atoms with Gasteiger partial charge in [0.05, 0.1) is 34.5 Å². The van der Waals surface area contributed by atoms with Gasteiger partial charge in [-0.3, -0.25) is 19.9 Å². The average molecular weight is 583 g/mol. The molecule has 0 bridgehead atoms. The fourth-order valence-corrected chi connectivity index (χ4v) is 5.57. The molecule has 0 unspecified atom stereocenters. The van der Waals surface area contributed by atoms with Crippen LogP contribution < -0.4 is 5.32 Å². The molecule has 2 aromatic carbocycles. The van der Waals surface area contributed by atoms with Crippen LogP contribution in [0, 0.1) is 5.82 Å². The van der Waals surface area contributed by atoms with Gasteiger partial charge in [0.1, 0.15) is 21.3 Å². The van der Waals surface area contributed by atoms with Crippen LogP contribution in [0.4, 0.5) is 10.1 Å². The predicted molar refractivity (Wildman–Crippen MR) is 162 cm³/mol. The number of carbonyl (C=O) groups is 1. The molecule has 0 saturated heterocycles. The van der Waals surface area contributed by atoms with Crippen molar-refractivity contribution < 1.29 is 17.6 Å². The Morgan fingerprint density at radius 1 is 0.929 bits per heavy atom. The summed E-state index contributed by atoms with van der Waals surface area (Å²) in [6.45, 7) is 1.79. The van der Waals surface area contributed by atoms with Gasteiger partial charge in [-0.2, -0.15) is 5.10 Å². The quantitative estimate of drug-likeness (QED) is 0.204. The number of pyridine rings is 2. The summed E-state index contributed by atoms with van der Waals surface area (Å²) in [7, 11) is -3.19. The van der Waals surface area contributed by atoms with Crippen molar-refractivity contribution in [3.63, 3.8) is 0 Å². The maximum Gasteiger partial charge on any atom is 0.224 e. The van der Waals surface area contributed by atoms with Gasteiger partial charge in [-0.15, -0.1) is 0 Å². The molecule has 0 saturated carbocycles. The zero-order valence-electron chi connectivity index (χ0n) is 22.9. The molecule has 6 aromatic rings. The second kappa shape index (κ2) is 10.8. The van der Waals surface area contributed by atoms with Gasteiger partial charge in [-0.25, -0.2) is 12.8 Å². The van der Waals surface area contributed by atoms with Crippen LogP contribution in [0.1, 0.15) is 18.9 Å². The fraction of sp³-hybridized carbons (Fsp3) is 0.161. The van der Waals surface area contributed by atoms with Crippen LogP contribution in [0.2, 0.25) is 0 Å². The Morgan fingerprint density at radius 3 is 2.57 bits per heavy atom. The maximum atomic E-state index is 14.6. The Bertz CT molecular complexity index is 2080. The third-order valence-corrected chi connectivity index (χ3v) is 7.98. The highest BCUT2D eigenvalue weighted by molar-refractivity contribution is 7.90. The highest BCUT2D eigenvalue weighted by Gasteiger charge is 2.16. The number of hydrogen-bond donors (Lipinski definition) is 3. The molecule has 0 aliphatic heterocycles. The van der Waals surface area contributed by atoms with Crippen molar-refractivity contribution in [2.24, 2.45) is 0 Å². The number of carbonyl (C=O) groups excluding carboxylic acids is 1. The maximum absolute atomic E-state index is 14.6. The first-order valence-electron chi connectivity index (χ1n) is 13.4. The molecule has 0 fully saturated rings. The summed E-state index contributed by atoms with van der Waals surface area (Å²) in [6.07, 6.45) is 6.76. The third kappa shape index (κ3) is 5.64. The van der Waals surface area contributed by atoms with Crippen LogP contribution in [0.5, 0.6) is 0 Å². The molecule has 6 rings (SSSR count). The van der Waals surface area contributed by atoms with Crippen LogP contribution in [0.25, 0.3) is 55.6 Å². The second-order valence-electron chi connectivity index (χ2n) is 10.2. The third-order valence-electron chi connectivity index (χ3n) is 7.04. The molecule has 1 amide bonds. The largest absolute Gasteiger partial charge is 0.353 e. The van der Waals surface area contributed by atoms with E-state index in [0.29, 0.717) is 34.6 Å². The number of hydrogen-bond acceptors (Lipinski definition) is 6. The molecule has 11 heteroatoms. The first-order valence-corrected chi connectivity index (χ1v) is 15.4. The Labute approximate surface area is 241 Å². The number of nitrogens with zero attached hydrogens (tertiary/aromatic N) is 3. The lowest BCUT2D eigenvalue weighted by molar-refractivity contribution is -0.115. The minimum atomic E-state index is -3.19. The average Bonchev–Trinajstić information content (AvgIpc) is 3.59. The highest BCUT2D eigenvalue weighted by Crippen LogP contribution is 2.35. The van der Waals surface area contributed by atoms with E-state index in [1.165, 1.54) is 18.4 Å². The molecule has 0 aliphatic carbocycles. The van der Waals surface area contributed by atoms with Crippen LogP contribution >= 0.6 is 0 Å². The Hall–Kier alpha value is -4.90. The number of nitrogens with one attached hydrogen (secondary N) is 3. The molecule has 4 heterocycles. The van der Waals surface area contributed by atoms with Crippen LogP contribution in [-0.2, 0) is 21.1 Å². The zero-order valence-corrected chi connectivity index (χ0v) is 23.7. The predicted octanol–water partition coefficient (Wildman–Crippen LogP) is 5.91. The fourth-order valence-electron chi connectivity index (χ4n) is 4.96. The molecule has 212 valence electrons. The lowest BCUT2D eigenvalue weighted by Crippen LogP contribution is -2.09. The monoisotopic (exact) mass is 582 g/mol. The molecule has 0 atom stereocenters. The Morgan fingerprint density at radius 2 is 1.76 bits per heavy atom. The van der Waals surface area contributed by atoms with E-state index in [1.807, 2.05) is 36.4 Å². The minimum Gasteiger partial charge on any atom is -0.353 e. The van der Waals surface area contributed by atoms with Crippen molar-refractivity contribution >= 4 is 43.2 Å². The van der Waals surface area contributed by atoms with E-state index in [2.05, 4.69) is 30.5 Å². The molecule has 3 N–H and O–H groups in total. The van der Waals surface area contributed by atoms with E-state index in [9.17, 15) is 17.6 Å². The molecular weight excluding hydrogens is 555 g/mol. The summed E-state index contributed by atoms with van der Waals surface area (Å²) in [5.74, 6) is -0.606. The number of H-pyrrole nitrogens is 2. The van der Waals surface area contributed by atoms with Crippen molar-refractivity contribution in [1.82, 2.24) is 25.1 Å². The van der Waals surface area contributed by atoms with E-state index in [4.69, 9.17) is 0 Å².